The summed E-state index contributed by atoms with van der Waals surface area (Å²) in [5.41, 5.74) is 39.3. The van der Waals surface area contributed by atoms with Crippen molar-refractivity contribution in [1.82, 2.24) is 0 Å². The minimum absolute atomic E-state index is 0.131. The van der Waals surface area contributed by atoms with Crippen molar-refractivity contribution < 1.29 is 43.9 Å². The van der Waals surface area contributed by atoms with Crippen LogP contribution in [0.4, 0.5) is 0 Å². The second kappa shape index (κ2) is 34.7. The third-order valence-electron chi connectivity index (χ3n) is 21.1. The number of pyridine rings is 6. The van der Waals surface area contributed by atoms with Crippen molar-refractivity contribution >= 4 is 0 Å². The molecule has 102 heavy (non-hydrogen) atoms. The second-order valence-electron chi connectivity index (χ2n) is 27.9. The predicted octanol–water partition coefficient (Wildman–Crippen LogP) is 20.5. The van der Waals surface area contributed by atoms with E-state index in [1.807, 2.05) is 50.6 Å². The highest BCUT2D eigenvalue weighted by Crippen LogP contribution is 2.30. The molecule has 0 saturated heterocycles. The molecule has 0 amide bonds. The monoisotopic (exact) mass is 1370 g/mol. The lowest BCUT2D eigenvalue weighted by molar-refractivity contribution is -0.667. The third-order valence-corrected chi connectivity index (χ3v) is 21.1. The SMILES string of the molecule is Cc1ccc(-c2ccc(C)c(C)[n+]2C)c(C)c1.Cc1cccc(-c2ccc(C)c(C)[n+]2C)c1C.Cc1ccccc1-c1c(C)c(C)cc(C)[n+]1C.Cc1ccccc1-c1c(C)c(C)cc(C)[n+]1C.[2H]C([2H])([2H])c1ccc(-c2ccc(C([2H])([2H])[2H])c(C)[n+]2C)c(C)c1.[2H]C([2H])([2H])c1ccc(-c2cccc(C)c2C)[n+](C)c1C([2H])([2H])[2H]. The van der Waals surface area contributed by atoms with Crippen LogP contribution < -0.4 is 27.4 Å². The summed E-state index contributed by atoms with van der Waals surface area (Å²) in [4.78, 5) is 0. The lowest BCUT2D eigenvalue weighted by atomic mass is 9.98. The summed E-state index contributed by atoms with van der Waals surface area (Å²) in [5.74, 6) is 0. The highest BCUT2D eigenvalue weighted by atomic mass is 15.0. The van der Waals surface area contributed by atoms with Gasteiger partial charge < -0.3 is 0 Å². The molecule has 6 aromatic heterocycles. The van der Waals surface area contributed by atoms with Crippen LogP contribution in [0.1, 0.15) is 151 Å². The van der Waals surface area contributed by atoms with Gasteiger partial charge in [0.1, 0.15) is 42.3 Å². The Hall–Kier alpha value is -9.78. The molecule has 6 heterocycles. The first-order chi connectivity index (χ1) is 52.9. The summed E-state index contributed by atoms with van der Waals surface area (Å²) >= 11 is 0. The van der Waals surface area contributed by atoms with Crippen molar-refractivity contribution in [2.45, 2.75) is 166 Å². The van der Waals surface area contributed by atoms with Gasteiger partial charge in [-0.3, -0.25) is 0 Å². The average molecular weight is 1370 g/mol. The van der Waals surface area contributed by atoms with Crippen molar-refractivity contribution in [3.63, 3.8) is 0 Å². The molecule has 6 nitrogen and oxygen atoms in total. The number of rotatable bonds is 6. The number of hydrogen-bond acceptors (Lipinski definition) is 0. The van der Waals surface area contributed by atoms with Gasteiger partial charge in [0.2, 0.25) is 34.2 Å². The summed E-state index contributed by atoms with van der Waals surface area (Å²) in [7, 11) is 12.0. The van der Waals surface area contributed by atoms with E-state index in [4.69, 9.17) is 16.4 Å². The Morgan fingerprint density at radius 3 is 0.902 bits per heavy atom. The highest BCUT2D eigenvalue weighted by Gasteiger charge is 2.24. The van der Waals surface area contributed by atoms with E-state index < -0.39 is 27.4 Å². The van der Waals surface area contributed by atoms with E-state index in [0.29, 0.717) is 22.5 Å². The van der Waals surface area contributed by atoms with Crippen LogP contribution in [0.15, 0.2) is 182 Å². The Kier molecular flexibility index (Phi) is 21.5. The molecule has 0 aliphatic rings. The van der Waals surface area contributed by atoms with Crippen molar-refractivity contribution in [3.8, 4) is 67.5 Å². The van der Waals surface area contributed by atoms with Crippen LogP contribution in [-0.2, 0) is 42.3 Å². The molecule has 0 fully saturated rings. The zero-order chi connectivity index (χ0) is 85.5. The molecule has 0 N–H and O–H groups in total. The van der Waals surface area contributed by atoms with Crippen LogP contribution in [-0.4, -0.2) is 0 Å². The van der Waals surface area contributed by atoms with E-state index >= 15 is 0 Å². The Bertz CT molecular complexity index is 5370. The van der Waals surface area contributed by atoms with Gasteiger partial charge >= 0.3 is 0 Å². The van der Waals surface area contributed by atoms with E-state index in [1.165, 1.54) is 145 Å². The Morgan fingerprint density at radius 2 is 0.529 bits per heavy atom. The molecule has 0 aliphatic carbocycles. The van der Waals surface area contributed by atoms with Gasteiger partial charge in [-0.25, -0.2) is 0 Å². The summed E-state index contributed by atoms with van der Waals surface area (Å²) in [6.45, 7) is 33.1. The Balaban J connectivity index is 0.000000190. The van der Waals surface area contributed by atoms with Crippen LogP contribution in [0.5, 0.6) is 0 Å². The van der Waals surface area contributed by atoms with Gasteiger partial charge in [-0.05, 0) is 241 Å². The molecule has 0 radical (unpaired) electrons. The zero-order valence-electron chi connectivity index (χ0n) is 78.0. The normalized spacial score (nSPS) is 12.9. The molecule has 0 bridgehead atoms. The lowest BCUT2D eigenvalue weighted by Gasteiger charge is -2.10. The summed E-state index contributed by atoms with van der Waals surface area (Å²) in [6, 6.07) is 60.9. The zero-order valence-corrected chi connectivity index (χ0v) is 66.0. The molecule has 0 atom stereocenters. The third kappa shape index (κ3) is 18.3. The van der Waals surface area contributed by atoms with Gasteiger partial charge in [0.05, 0.1) is 0 Å². The number of hydrogen-bond donors (Lipinski definition) is 0. The number of benzene rings is 6. The largest absolute Gasteiger partial charge is 0.215 e. The smallest absolute Gasteiger partial charge is 0.198 e. The van der Waals surface area contributed by atoms with Crippen LogP contribution >= 0.6 is 0 Å². The van der Waals surface area contributed by atoms with E-state index in [0.717, 1.165) is 33.5 Å². The fourth-order valence-corrected chi connectivity index (χ4v) is 13.1. The van der Waals surface area contributed by atoms with E-state index in [2.05, 4.69) is 279 Å². The molecule has 12 aromatic rings. The minimum Gasteiger partial charge on any atom is -0.198 e. The second-order valence-corrected chi connectivity index (χ2v) is 27.9. The molecule has 12 rings (SSSR count). The first-order valence-corrected chi connectivity index (χ1v) is 35.3. The van der Waals surface area contributed by atoms with Crippen molar-refractivity contribution in [3.05, 3.63) is 316 Å². The Labute approximate surface area is 632 Å². The maximum absolute atomic E-state index is 7.75. The van der Waals surface area contributed by atoms with Crippen LogP contribution in [0.25, 0.3) is 67.5 Å². The average Bonchev–Trinajstić information content (AvgIpc) is 0.763. The quantitative estimate of drug-likeness (QED) is 0.148. The minimum atomic E-state index is -2.51. The van der Waals surface area contributed by atoms with E-state index in [1.54, 1.807) is 50.4 Å². The standard InChI is InChI=1S/6C16H20N/c2*1-11-6-8-15(13(3)10-11)16-9-7-12(2)14(4)17(16)5;2*1-11-7-6-8-15(13(11)3)16-10-9-12(2)14(4)17(16)5;2*1-11-8-6-7-9-15(11)16-14(4)12(2)10-13(3)17(16)5/h6*6-10H,1-5H3/q6*+1/i1D3,2D3;;2D3,4D3;;;. The van der Waals surface area contributed by atoms with Crippen LogP contribution in [0, 0.1) is 166 Å². The molecule has 0 saturated carbocycles. The first-order valence-electron chi connectivity index (χ1n) is 41.3. The van der Waals surface area contributed by atoms with Gasteiger partial charge in [0.15, 0.2) is 34.2 Å². The Morgan fingerprint density at radius 1 is 0.206 bits per heavy atom. The fourth-order valence-electron chi connectivity index (χ4n) is 13.1. The number of aromatic nitrogens is 6. The maximum atomic E-state index is 7.75. The first kappa shape index (κ1) is 63.2. The van der Waals surface area contributed by atoms with Gasteiger partial charge in [-0.15, -0.1) is 0 Å². The van der Waals surface area contributed by atoms with Gasteiger partial charge in [-0.1, -0.05) is 96.1 Å². The van der Waals surface area contributed by atoms with E-state index in [9.17, 15) is 0 Å². The summed E-state index contributed by atoms with van der Waals surface area (Å²) in [5, 5.41) is 0. The van der Waals surface area contributed by atoms with Crippen LogP contribution in [0.2, 0.25) is 0 Å². The molecular weight excluding hydrogens is 1240 g/mol. The topological polar surface area (TPSA) is 23.3 Å². The predicted molar refractivity (Wildman–Crippen MR) is 432 cm³/mol. The highest BCUT2D eigenvalue weighted by molar-refractivity contribution is 5.68. The molecule has 6 heteroatoms. The number of nitrogens with zero attached hydrogens (tertiary/aromatic N) is 6. The molecular formula is C96H120N6+6. The molecule has 0 unspecified atom stereocenters. The van der Waals surface area contributed by atoms with Crippen molar-refractivity contribution in [2.75, 3.05) is 0 Å². The maximum Gasteiger partial charge on any atom is 0.215 e. The van der Waals surface area contributed by atoms with Gasteiger partial charge in [0.25, 0.3) is 0 Å². The summed E-state index contributed by atoms with van der Waals surface area (Å²) in [6.07, 6.45) is 0. The van der Waals surface area contributed by atoms with Gasteiger partial charge in [0, 0.05) is 161 Å². The molecule has 0 aliphatic heterocycles. The van der Waals surface area contributed by atoms with Crippen molar-refractivity contribution in [1.29, 1.82) is 0 Å². The van der Waals surface area contributed by atoms with Crippen molar-refractivity contribution in [2.24, 2.45) is 42.3 Å². The molecule has 6 aromatic carbocycles. The molecule has 528 valence electrons. The lowest BCUT2D eigenvalue weighted by Crippen LogP contribution is -2.36. The molecule has 0 spiro atoms. The fraction of sp³-hybridized carbons (Fsp3) is 0.312. The van der Waals surface area contributed by atoms with Gasteiger partial charge in [-0.2, -0.15) is 27.4 Å². The summed E-state index contributed by atoms with van der Waals surface area (Å²) < 4.78 is 104. The number of aryl methyl sites for hydroxylation is 16. The van der Waals surface area contributed by atoms with Crippen LogP contribution in [0.3, 0.4) is 0 Å². The van der Waals surface area contributed by atoms with E-state index in [-0.39, 0.29) is 11.3 Å².